The van der Waals surface area contributed by atoms with Crippen LogP contribution in [0.5, 0.6) is 5.75 Å². The van der Waals surface area contributed by atoms with Crippen LogP contribution in [-0.2, 0) is 0 Å². The van der Waals surface area contributed by atoms with Gasteiger partial charge in [-0.05, 0) is 0 Å². The van der Waals surface area contributed by atoms with E-state index >= 15 is 0 Å². The Labute approximate surface area is 122 Å². The molecule has 3 heteroatoms. The quantitative estimate of drug-likeness (QED) is 0.804. The summed E-state index contributed by atoms with van der Waals surface area (Å²) in [6, 6.07) is 10.2. The van der Waals surface area contributed by atoms with Crippen LogP contribution >= 0.6 is 0 Å². The predicted molar refractivity (Wildman–Crippen MR) is 80.5 cm³/mol. The van der Waals surface area contributed by atoms with Gasteiger partial charge in [-0.1, -0.05) is 0 Å². The average molecular weight is 313 g/mol. The summed E-state index contributed by atoms with van der Waals surface area (Å²) in [5, 5.41) is 9.14. The molecule has 1 aliphatic rings. The van der Waals surface area contributed by atoms with Gasteiger partial charge < -0.3 is 0 Å². The number of ether oxygens (including phenoxy) is 1. The van der Waals surface area contributed by atoms with Crippen molar-refractivity contribution in [3.8, 4) is 11.8 Å². The Kier molecular flexibility index (Phi) is 4.66. The van der Waals surface area contributed by atoms with E-state index in [1.165, 1.54) is 4.36 Å². The van der Waals surface area contributed by atoms with E-state index in [9.17, 15) is 0 Å². The Morgan fingerprint density at radius 2 is 2.05 bits per heavy atom. The molecule has 2 nitrogen and oxygen atoms in total. The van der Waals surface area contributed by atoms with E-state index < -0.39 is 0 Å². The number of nitriles is 1. The van der Waals surface area contributed by atoms with Crippen molar-refractivity contribution in [1.29, 1.82) is 5.26 Å². The zero-order valence-corrected chi connectivity index (χ0v) is 13.3. The number of hydrogen-bond acceptors (Lipinski definition) is 2. The normalized spacial score (nSPS) is 16.6. The molecule has 0 fully saturated rings. The van der Waals surface area contributed by atoms with E-state index in [0.717, 1.165) is 28.9 Å². The molecule has 0 aromatic heterocycles. The van der Waals surface area contributed by atoms with Crippen molar-refractivity contribution < 1.29 is 4.74 Å². The molecule has 0 spiro atoms. The van der Waals surface area contributed by atoms with Gasteiger partial charge in [0.1, 0.15) is 0 Å². The molecule has 1 atom stereocenters. The Bertz CT molecular complexity index is 588. The maximum absolute atomic E-state index is 9.14. The van der Waals surface area contributed by atoms with Crippen LogP contribution in [0.3, 0.4) is 0 Å². The van der Waals surface area contributed by atoms with Crippen molar-refractivity contribution in [2.75, 3.05) is 6.61 Å². The molecule has 2 rings (SSSR count). The molecule has 1 aliphatic carbocycles. The molecular formula is C16H16AsNO. The minimum atomic E-state index is 0.674. The first-order valence-electron chi connectivity index (χ1n) is 6.23. The van der Waals surface area contributed by atoms with Crippen LogP contribution in [0.1, 0.15) is 18.9 Å². The van der Waals surface area contributed by atoms with Crippen molar-refractivity contribution in [3.05, 3.63) is 57.5 Å². The molecule has 0 saturated heterocycles. The monoisotopic (exact) mass is 313 g/mol. The number of hydrogen-bond donors (Lipinski definition) is 0. The van der Waals surface area contributed by atoms with Gasteiger partial charge in [-0.25, -0.2) is 0 Å². The second-order valence-electron chi connectivity index (χ2n) is 4.28. The first-order chi connectivity index (χ1) is 9.22. The van der Waals surface area contributed by atoms with E-state index in [1.54, 1.807) is 16.9 Å². The Balaban J connectivity index is 2.24. The Morgan fingerprint density at radius 3 is 2.68 bits per heavy atom. The van der Waals surface area contributed by atoms with Crippen LogP contribution in [0, 0.1) is 11.3 Å². The third-order valence-electron chi connectivity index (χ3n) is 2.86. The standard InChI is InChI=1S/C16H16AsNO/c1-2-19-16-7-3-12(4-8-16)9-14-10-15(17)6-5-13(14)11-18/h3-9H,2,10,17H2,1H3. The fourth-order valence-electron chi connectivity index (χ4n) is 1.94. The van der Waals surface area contributed by atoms with Crippen LogP contribution in [-0.4, -0.2) is 23.5 Å². The van der Waals surface area contributed by atoms with Gasteiger partial charge in [0.2, 0.25) is 0 Å². The summed E-state index contributed by atoms with van der Waals surface area (Å²) in [6.45, 7) is 2.65. The van der Waals surface area contributed by atoms with Crippen LogP contribution in [0.2, 0.25) is 0 Å². The molecule has 0 N–H and O–H groups in total. The Morgan fingerprint density at radius 1 is 1.32 bits per heavy atom. The molecule has 0 aliphatic heterocycles. The van der Waals surface area contributed by atoms with Gasteiger partial charge in [0.25, 0.3) is 0 Å². The van der Waals surface area contributed by atoms with Crippen LogP contribution in [0.25, 0.3) is 6.08 Å². The fraction of sp³-hybridized carbons (Fsp3) is 0.188. The van der Waals surface area contributed by atoms with E-state index in [-0.39, 0.29) is 0 Å². The number of rotatable bonds is 3. The summed E-state index contributed by atoms with van der Waals surface area (Å²) < 4.78 is 6.76. The molecular weight excluding hydrogens is 297 g/mol. The predicted octanol–water partition coefficient (Wildman–Crippen LogP) is 2.84. The van der Waals surface area contributed by atoms with Gasteiger partial charge >= 0.3 is 122 Å². The summed E-state index contributed by atoms with van der Waals surface area (Å²) >= 11 is 1.61. The zero-order chi connectivity index (χ0) is 13.7. The fourth-order valence-corrected chi connectivity index (χ4v) is 2.60. The molecule has 0 bridgehead atoms. The molecule has 96 valence electrons. The van der Waals surface area contributed by atoms with Crippen molar-refractivity contribution in [3.63, 3.8) is 0 Å². The first-order valence-corrected chi connectivity index (χ1v) is 7.44. The van der Waals surface area contributed by atoms with Gasteiger partial charge in [-0.3, -0.25) is 0 Å². The van der Waals surface area contributed by atoms with Gasteiger partial charge in [-0.2, -0.15) is 0 Å². The van der Waals surface area contributed by atoms with E-state index in [4.69, 9.17) is 10.00 Å². The van der Waals surface area contributed by atoms with Gasteiger partial charge in [0, 0.05) is 0 Å². The average Bonchev–Trinajstić information content (AvgIpc) is 2.42. The van der Waals surface area contributed by atoms with Crippen molar-refractivity contribution in [1.82, 2.24) is 0 Å². The summed E-state index contributed by atoms with van der Waals surface area (Å²) in [7, 11) is 0. The number of benzene rings is 1. The van der Waals surface area contributed by atoms with E-state index in [1.807, 2.05) is 43.3 Å². The van der Waals surface area contributed by atoms with Crippen molar-refractivity contribution in [2.45, 2.75) is 13.3 Å². The molecule has 19 heavy (non-hydrogen) atoms. The molecule has 0 saturated carbocycles. The summed E-state index contributed by atoms with van der Waals surface area (Å²) in [5.74, 6) is 0.878. The molecule has 1 aromatic carbocycles. The van der Waals surface area contributed by atoms with Crippen LogP contribution in [0.4, 0.5) is 0 Å². The number of nitrogens with zero attached hydrogens (tertiary/aromatic N) is 1. The minimum absolute atomic E-state index is 0.674. The molecule has 0 amide bonds. The van der Waals surface area contributed by atoms with Crippen molar-refractivity contribution >= 4 is 22.9 Å². The molecule has 0 heterocycles. The van der Waals surface area contributed by atoms with Crippen LogP contribution in [0.15, 0.2) is 51.9 Å². The van der Waals surface area contributed by atoms with E-state index in [0.29, 0.717) is 6.61 Å². The second kappa shape index (κ2) is 6.45. The molecule has 1 unspecified atom stereocenters. The van der Waals surface area contributed by atoms with Crippen molar-refractivity contribution in [2.24, 2.45) is 0 Å². The third kappa shape index (κ3) is 3.62. The SMILES string of the molecule is CCOc1ccc(C=C2CC([AsH2])=CC=C2C#N)cc1. The third-order valence-corrected chi connectivity index (χ3v) is 3.69. The van der Waals surface area contributed by atoms with E-state index in [2.05, 4.69) is 12.1 Å². The van der Waals surface area contributed by atoms with Gasteiger partial charge in [-0.15, -0.1) is 0 Å². The van der Waals surface area contributed by atoms with Crippen LogP contribution < -0.4 is 4.74 Å². The second-order valence-corrected chi connectivity index (χ2v) is 5.84. The Hall–Kier alpha value is -1.71. The topological polar surface area (TPSA) is 33.0 Å². The summed E-state index contributed by atoms with van der Waals surface area (Å²) in [5.41, 5.74) is 2.95. The first kappa shape index (κ1) is 13.7. The summed E-state index contributed by atoms with van der Waals surface area (Å²) in [6.07, 6.45) is 6.89. The summed E-state index contributed by atoms with van der Waals surface area (Å²) in [4.78, 5) is 0. The van der Waals surface area contributed by atoms with Gasteiger partial charge in [0.05, 0.1) is 0 Å². The number of allylic oxidation sites excluding steroid dienone is 5. The molecule has 0 radical (unpaired) electrons. The maximum atomic E-state index is 9.14. The van der Waals surface area contributed by atoms with Gasteiger partial charge in [0.15, 0.2) is 0 Å². The zero-order valence-electron chi connectivity index (χ0n) is 10.9. The molecule has 1 aromatic rings.